The number of ether oxygens (including phenoxy) is 1. The minimum Gasteiger partial charge on any atom is -0.444 e. The van der Waals surface area contributed by atoms with Crippen molar-refractivity contribution in [2.24, 2.45) is 5.73 Å². The van der Waals surface area contributed by atoms with Crippen molar-refractivity contribution < 1.29 is 13.9 Å². The average molecular weight is 294 g/mol. The quantitative estimate of drug-likeness (QED) is 0.912. The number of rotatable bonds is 2. The summed E-state index contributed by atoms with van der Waals surface area (Å²) in [6.07, 6.45) is 1.15. The van der Waals surface area contributed by atoms with Gasteiger partial charge in [0.05, 0.1) is 5.54 Å². The lowest BCUT2D eigenvalue weighted by molar-refractivity contribution is 0.00818. The minimum absolute atomic E-state index is 0.246. The molecule has 4 nitrogen and oxygen atoms in total. The Morgan fingerprint density at radius 3 is 2.76 bits per heavy atom. The van der Waals surface area contributed by atoms with Gasteiger partial charge in [-0.1, -0.05) is 12.1 Å². The number of carbonyl (C=O) groups is 1. The summed E-state index contributed by atoms with van der Waals surface area (Å²) >= 11 is 0. The van der Waals surface area contributed by atoms with Crippen LogP contribution in [0.25, 0.3) is 0 Å². The van der Waals surface area contributed by atoms with E-state index in [0.29, 0.717) is 13.0 Å². The molecular formula is C16H23FN2O2. The van der Waals surface area contributed by atoms with E-state index < -0.39 is 17.2 Å². The molecule has 0 saturated carbocycles. The van der Waals surface area contributed by atoms with Gasteiger partial charge in [-0.25, -0.2) is 9.18 Å². The third-order valence-corrected chi connectivity index (χ3v) is 3.80. The van der Waals surface area contributed by atoms with Crippen molar-refractivity contribution in [1.29, 1.82) is 0 Å². The lowest BCUT2D eigenvalue weighted by atomic mass is 9.87. The maximum atomic E-state index is 13.6. The van der Waals surface area contributed by atoms with Crippen LogP contribution in [0.2, 0.25) is 0 Å². The Balaban J connectivity index is 2.35. The normalized spacial score (nSPS) is 22.4. The van der Waals surface area contributed by atoms with Gasteiger partial charge >= 0.3 is 6.09 Å². The molecule has 0 aromatic heterocycles. The number of nitrogens with two attached hydrogens (primary N) is 1. The second kappa shape index (κ2) is 5.64. The highest BCUT2D eigenvalue weighted by Gasteiger charge is 2.45. The van der Waals surface area contributed by atoms with Crippen molar-refractivity contribution in [2.45, 2.75) is 44.8 Å². The number of nitrogens with zero attached hydrogens (tertiary/aromatic N) is 1. The maximum absolute atomic E-state index is 13.6. The van der Waals surface area contributed by atoms with E-state index in [2.05, 4.69) is 0 Å². The van der Waals surface area contributed by atoms with Crippen LogP contribution < -0.4 is 5.73 Å². The third kappa shape index (κ3) is 3.18. The van der Waals surface area contributed by atoms with Crippen LogP contribution >= 0.6 is 0 Å². The third-order valence-electron chi connectivity index (χ3n) is 3.80. The van der Waals surface area contributed by atoms with Crippen LogP contribution in [0.4, 0.5) is 9.18 Å². The van der Waals surface area contributed by atoms with E-state index in [1.807, 2.05) is 26.8 Å². The Morgan fingerprint density at radius 1 is 1.48 bits per heavy atom. The van der Waals surface area contributed by atoms with Crippen molar-refractivity contribution in [3.8, 4) is 0 Å². The lowest BCUT2D eigenvalue weighted by Crippen LogP contribution is -2.51. The molecular weight excluding hydrogens is 271 g/mol. The van der Waals surface area contributed by atoms with E-state index in [0.717, 1.165) is 12.0 Å². The van der Waals surface area contributed by atoms with Crippen LogP contribution in [0.1, 0.15) is 39.2 Å². The highest BCUT2D eigenvalue weighted by molar-refractivity contribution is 5.70. The van der Waals surface area contributed by atoms with E-state index in [1.165, 1.54) is 12.1 Å². The predicted octanol–water partition coefficient (Wildman–Crippen LogP) is 3.01. The van der Waals surface area contributed by atoms with Crippen LogP contribution in [-0.4, -0.2) is 29.7 Å². The molecule has 5 heteroatoms. The molecule has 2 N–H and O–H groups in total. The first kappa shape index (κ1) is 15.8. The number of benzene rings is 1. The number of likely N-dealkylation sites (tertiary alicyclic amines) is 1. The van der Waals surface area contributed by atoms with Gasteiger partial charge in [0.1, 0.15) is 11.4 Å². The van der Waals surface area contributed by atoms with Gasteiger partial charge in [-0.2, -0.15) is 0 Å². The van der Waals surface area contributed by atoms with Gasteiger partial charge < -0.3 is 10.5 Å². The fourth-order valence-corrected chi connectivity index (χ4v) is 2.87. The van der Waals surface area contributed by atoms with Crippen LogP contribution in [0.5, 0.6) is 0 Å². The first-order valence-electron chi connectivity index (χ1n) is 7.25. The summed E-state index contributed by atoms with van der Waals surface area (Å²) in [5.41, 5.74) is 5.46. The number of amides is 1. The molecule has 21 heavy (non-hydrogen) atoms. The molecule has 1 saturated heterocycles. The minimum atomic E-state index is -0.676. The maximum Gasteiger partial charge on any atom is 0.411 e. The monoisotopic (exact) mass is 294 g/mol. The molecule has 1 unspecified atom stereocenters. The Kier molecular flexibility index (Phi) is 4.23. The van der Waals surface area contributed by atoms with Gasteiger partial charge in [0.25, 0.3) is 0 Å². The Labute approximate surface area is 125 Å². The van der Waals surface area contributed by atoms with Crippen LogP contribution in [0.3, 0.4) is 0 Å². The fourth-order valence-electron chi connectivity index (χ4n) is 2.87. The van der Waals surface area contributed by atoms with Gasteiger partial charge in [-0.3, -0.25) is 4.90 Å². The molecule has 1 heterocycles. The summed E-state index contributed by atoms with van der Waals surface area (Å²) in [7, 11) is 0. The fraction of sp³-hybridized carbons (Fsp3) is 0.562. The zero-order valence-corrected chi connectivity index (χ0v) is 12.9. The zero-order valence-electron chi connectivity index (χ0n) is 12.9. The Hall–Kier alpha value is -1.62. The van der Waals surface area contributed by atoms with Crippen molar-refractivity contribution in [1.82, 2.24) is 4.90 Å². The molecule has 1 amide bonds. The predicted molar refractivity (Wildman–Crippen MR) is 79.3 cm³/mol. The van der Waals surface area contributed by atoms with Crippen LogP contribution in [-0.2, 0) is 10.3 Å². The molecule has 2 rings (SSSR count). The number of hydrogen-bond donors (Lipinski definition) is 1. The SMILES string of the molecule is CC(C)(C)OC(=O)N1CCCC1(CN)c1cccc(F)c1. The summed E-state index contributed by atoms with van der Waals surface area (Å²) in [5.74, 6) is -0.323. The summed E-state index contributed by atoms with van der Waals surface area (Å²) < 4.78 is 19.0. The van der Waals surface area contributed by atoms with Crippen molar-refractivity contribution in [3.05, 3.63) is 35.6 Å². The summed E-state index contributed by atoms with van der Waals surface area (Å²) in [6, 6.07) is 6.31. The average Bonchev–Trinajstić information content (AvgIpc) is 2.81. The van der Waals surface area contributed by atoms with Gasteiger partial charge in [-0.15, -0.1) is 0 Å². The van der Waals surface area contributed by atoms with Gasteiger partial charge in [0, 0.05) is 13.1 Å². The largest absolute Gasteiger partial charge is 0.444 e. The van der Waals surface area contributed by atoms with E-state index in [4.69, 9.17) is 10.5 Å². The molecule has 0 spiro atoms. The smallest absolute Gasteiger partial charge is 0.411 e. The topological polar surface area (TPSA) is 55.6 Å². The molecule has 0 radical (unpaired) electrons. The zero-order chi connectivity index (χ0) is 15.7. The summed E-state index contributed by atoms with van der Waals surface area (Å²) in [6.45, 7) is 6.30. The standard InChI is InChI=1S/C16H23FN2O2/c1-15(2,3)21-14(20)19-9-5-8-16(19,11-18)12-6-4-7-13(17)10-12/h4,6-7,10H,5,8-9,11,18H2,1-3H3. The van der Waals surface area contributed by atoms with E-state index in [9.17, 15) is 9.18 Å². The second-order valence-corrected chi connectivity index (χ2v) is 6.48. The summed E-state index contributed by atoms with van der Waals surface area (Å²) in [5, 5.41) is 0. The highest BCUT2D eigenvalue weighted by Crippen LogP contribution is 2.39. The van der Waals surface area contributed by atoms with Crippen molar-refractivity contribution >= 4 is 6.09 Å². The Bertz CT molecular complexity index is 527. The molecule has 0 bridgehead atoms. The van der Waals surface area contributed by atoms with Crippen molar-refractivity contribution in [3.63, 3.8) is 0 Å². The van der Waals surface area contributed by atoms with Gasteiger partial charge in [0.15, 0.2) is 0 Å². The molecule has 1 aliphatic rings. The van der Waals surface area contributed by atoms with Gasteiger partial charge in [0.2, 0.25) is 0 Å². The molecule has 1 atom stereocenters. The van der Waals surface area contributed by atoms with E-state index in [1.54, 1.807) is 11.0 Å². The molecule has 1 aromatic rings. The van der Waals surface area contributed by atoms with Crippen LogP contribution in [0, 0.1) is 5.82 Å². The first-order valence-corrected chi connectivity index (χ1v) is 7.25. The number of carbonyl (C=O) groups excluding carboxylic acids is 1. The molecule has 0 aliphatic carbocycles. The summed E-state index contributed by atoms with van der Waals surface area (Å²) in [4.78, 5) is 14.1. The molecule has 1 aliphatic heterocycles. The lowest BCUT2D eigenvalue weighted by Gasteiger charge is -2.38. The van der Waals surface area contributed by atoms with Gasteiger partial charge in [-0.05, 0) is 51.3 Å². The van der Waals surface area contributed by atoms with Crippen molar-refractivity contribution in [2.75, 3.05) is 13.1 Å². The molecule has 1 aromatic carbocycles. The number of halogens is 1. The van der Waals surface area contributed by atoms with E-state index >= 15 is 0 Å². The highest BCUT2D eigenvalue weighted by atomic mass is 19.1. The number of hydrogen-bond acceptors (Lipinski definition) is 3. The molecule has 116 valence electrons. The second-order valence-electron chi connectivity index (χ2n) is 6.48. The van der Waals surface area contributed by atoms with Crippen LogP contribution in [0.15, 0.2) is 24.3 Å². The van der Waals surface area contributed by atoms with E-state index in [-0.39, 0.29) is 12.4 Å². The Morgan fingerprint density at radius 2 is 2.19 bits per heavy atom. The molecule has 1 fully saturated rings. The first-order chi connectivity index (χ1) is 9.78.